The SMILES string of the molecule is CSCc1cccc(C(=O)N[C@@H](CO)c2ccccc2)c1. The summed E-state index contributed by atoms with van der Waals surface area (Å²) in [5.41, 5.74) is 2.64. The van der Waals surface area contributed by atoms with Gasteiger partial charge < -0.3 is 10.4 Å². The maximum Gasteiger partial charge on any atom is 0.251 e. The van der Waals surface area contributed by atoms with Gasteiger partial charge in [-0.2, -0.15) is 11.8 Å². The Kier molecular flexibility index (Phi) is 5.84. The van der Waals surface area contributed by atoms with Gasteiger partial charge in [0.1, 0.15) is 0 Å². The van der Waals surface area contributed by atoms with Crippen LogP contribution in [0.4, 0.5) is 0 Å². The molecule has 3 nitrogen and oxygen atoms in total. The minimum absolute atomic E-state index is 0.125. The van der Waals surface area contributed by atoms with Crippen LogP contribution in [0.3, 0.4) is 0 Å². The van der Waals surface area contributed by atoms with E-state index in [1.807, 2.05) is 54.8 Å². The molecule has 2 rings (SSSR count). The summed E-state index contributed by atoms with van der Waals surface area (Å²) in [6.45, 7) is -0.125. The molecule has 0 saturated heterocycles. The van der Waals surface area contributed by atoms with Crippen molar-refractivity contribution in [1.29, 1.82) is 0 Å². The van der Waals surface area contributed by atoms with Crippen LogP contribution in [0.15, 0.2) is 54.6 Å². The molecule has 1 amide bonds. The van der Waals surface area contributed by atoms with E-state index in [4.69, 9.17) is 0 Å². The van der Waals surface area contributed by atoms with Crippen LogP contribution in [0.2, 0.25) is 0 Å². The number of hydrogen-bond donors (Lipinski definition) is 2. The smallest absolute Gasteiger partial charge is 0.251 e. The lowest BCUT2D eigenvalue weighted by molar-refractivity contribution is 0.0916. The highest BCUT2D eigenvalue weighted by Crippen LogP contribution is 2.15. The molecule has 1 atom stereocenters. The number of aliphatic hydroxyl groups is 1. The Bertz CT molecular complexity index is 586. The number of amides is 1. The van der Waals surface area contributed by atoms with Crippen molar-refractivity contribution in [2.75, 3.05) is 12.9 Å². The van der Waals surface area contributed by atoms with Crippen molar-refractivity contribution in [3.63, 3.8) is 0 Å². The Balaban J connectivity index is 2.11. The number of aliphatic hydroxyl groups excluding tert-OH is 1. The van der Waals surface area contributed by atoms with Crippen molar-refractivity contribution >= 4 is 17.7 Å². The van der Waals surface area contributed by atoms with Crippen molar-refractivity contribution in [2.24, 2.45) is 0 Å². The summed E-state index contributed by atoms with van der Waals surface area (Å²) in [6.07, 6.45) is 2.03. The average molecular weight is 301 g/mol. The first-order valence-electron chi connectivity index (χ1n) is 6.79. The largest absolute Gasteiger partial charge is 0.394 e. The molecule has 0 bridgehead atoms. The van der Waals surface area contributed by atoms with Crippen LogP contribution in [0.1, 0.15) is 27.5 Å². The van der Waals surface area contributed by atoms with Crippen molar-refractivity contribution in [3.8, 4) is 0 Å². The number of nitrogens with one attached hydrogen (secondary N) is 1. The lowest BCUT2D eigenvalue weighted by Gasteiger charge is -2.17. The van der Waals surface area contributed by atoms with Gasteiger partial charge in [0.25, 0.3) is 5.91 Å². The van der Waals surface area contributed by atoms with E-state index in [1.165, 1.54) is 0 Å². The van der Waals surface area contributed by atoms with Gasteiger partial charge in [-0.05, 0) is 29.5 Å². The van der Waals surface area contributed by atoms with Gasteiger partial charge in [-0.3, -0.25) is 4.79 Å². The first-order valence-corrected chi connectivity index (χ1v) is 8.18. The maximum atomic E-state index is 12.3. The Morgan fingerprint density at radius 3 is 2.62 bits per heavy atom. The zero-order valence-corrected chi connectivity index (χ0v) is 12.8. The van der Waals surface area contributed by atoms with Crippen molar-refractivity contribution in [3.05, 3.63) is 71.3 Å². The number of carbonyl (C=O) groups is 1. The van der Waals surface area contributed by atoms with E-state index in [1.54, 1.807) is 17.8 Å². The quantitative estimate of drug-likeness (QED) is 0.862. The lowest BCUT2D eigenvalue weighted by Crippen LogP contribution is -2.30. The molecule has 0 aliphatic carbocycles. The van der Waals surface area contributed by atoms with E-state index in [0.29, 0.717) is 5.56 Å². The number of thioether (sulfide) groups is 1. The third kappa shape index (κ3) is 4.34. The van der Waals surface area contributed by atoms with Crippen molar-refractivity contribution in [1.82, 2.24) is 5.32 Å². The van der Waals surface area contributed by atoms with Crippen LogP contribution in [-0.4, -0.2) is 23.9 Å². The van der Waals surface area contributed by atoms with Gasteiger partial charge in [0.15, 0.2) is 0 Å². The highest BCUT2D eigenvalue weighted by Gasteiger charge is 2.14. The Morgan fingerprint density at radius 1 is 1.19 bits per heavy atom. The predicted octanol–water partition coefficient (Wildman–Crippen LogP) is 3.01. The fourth-order valence-electron chi connectivity index (χ4n) is 2.13. The molecule has 2 aromatic rings. The highest BCUT2D eigenvalue weighted by molar-refractivity contribution is 7.97. The summed E-state index contributed by atoms with van der Waals surface area (Å²) >= 11 is 1.72. The summed E-state index contributed by atoms with van der Waals surface area (Å²) < 4.78 is 0. The molecular formula is C17H19NO2S. The van der Waals surface area contributed by atoms with Crippen LogP contribution in [0.25, 0.3) is 0 Å². The van der Waals surface area contributed by atoms with Gasteiger partial charge >= 0.3 is 0 Å². The summed E-state index contributed by atoms with van der Waals surface area (Å²) in [6, 6.07) is 16.7. The summed E-state index contributed by atoms with van der Waals surface area (Å²) in [5, 5.41) is 12.4. The van der Waals surface area contributed by atoms with Gasteiger partial charge in [0, 0.05) is 11.3 Å². The monoisotopic (exact) mass is 301 g/mol. The Hall–Kier alpha value is -1.78. The lowest BCUT2D eigenvalue weighted by atomic mass is 10.1. The molecule has 21 heavy (non-hydrogen) atoms. The van der Waals surface area contributed by atoms with Crippen LogP contribution in [-0.2, 0) is 5.75 Å². The van der Waals surface area contributed by atoms with Gasteiger partial charge in [-0.1, -0.05) is 42.5 Å². The van der Waals surface area contributed by atoms with Crippen LogP contribution >= 0.6 is 11.8 Å². The van der Waals surface area contributed by atoms with E-state index in [-0.39, 0.29) is 18.6 Å². The fraction of sp³-hybridized carbons (Fsp3) is 0.235. The molecule has 4 heteroatoms. The highest BCUT2D eigenvalue weighted by atomic mass is 32.2. The van der Waals surface area contributed by atoms with E-state index in [0.717, 1.165) is 16.9 Å². The molecule has 0 unspecified atom stereocenters. The molecule has 0 spiro atoms. The van der Waals surface area contributed by atoms with Gasteiger partial charge in [-0.25, -0.2) is 0 Å². The van der Waals surface area contributed by atoms with Crippen LogP contribution < -0.4 is 5.32 Å². The number of rotatable bonds is 6. The maximum absolute atomic E-state index is 12.3. The predicted molar refractivity (Wildman–Crippen MR) is 87.4 cm³/mol. The van der Waals surface area contributed by atoms with Crippen molar-refractivity contribution in [2.45, 2.75) is 11.8 Å². The standard InChI is InChI=1S/C17H19NO2S/c1-21-12-13-6-5-9-15(10-13)17(20)18-16(11-19)14-7-3-2-4-8-14/h2-10,16,19H,11-12H2,1H3,(H,18,20)/t16-/m0/s1. The van der Waals surface area contributed by atoms with Gasteiger partial charge in [0.05, 0.1) is 12.6 Å². The third-order valence-electron chi connectivity index (χ3n) is 3.19. The second-order valence-electron chi connectivity index (χ2n) is 4.75. The molecule has 2 aromatic carbocycles. The van der Waals surface area contributed by atoms with E-state index in [9.17, 15) is 9.90 Å². The number of benzene rings is 2. The molecule has 110 valence electrons. The van der Waals surface area contributed by atoms with Crippen LogP contribution in [0.5, 0.6) is 0 Å². The van der Waals surface area contributed by atoms with Crippen molar-refractivity contribution < 1.29 is 9.90 Å². The first kappa shape index (κ1) is 15.6. The first-order chi connectivity index (χ1) is 10.2. The molecule has 0 fully saturated rings. The van der Waals surface area contributed by atoms with Gasteiger partial charge in [-0.15, -0.1) is 0 Å². The Morgan fingerprint density at radius 2 is 1.95 bits per heavy atom. The molecule has 0 saturated carbocycles. The van der Waals surface area contributed by atoms with Crippen LogP contribution in [0, 0.1) is 0 Å². The van der Waals surface area contributed by atoms with E-state index in [2.05, 4.69) is 5.32 Å². The average Bonchev–Trinajstić information content (AvgIpc) is 2.54. The molecule has 2 N–H and O–H groups in total. The minimum Gasteiger partial charge on any atom is -0.394 e. The zero-order chi connectivity index (χ0) is 15.1. The molecule has 0 aromatic heterocycles. The topological polar surface area (TPSA) is 49.3 Å². The second-order valence-corrected chi connectivity index (χ2v) is 5.62. The Labute approximate surface area is 129 Å². The zero-order valence-electron chi connectivity index (χ0n) is 12.0. The van der Waals surface area contributed by atoms with E-state index < -0.39 is 0 Å². The second kappa shape index (κ2) is 7.86. The minimum atomic E-state index is -0.386. The fourth-order valence-corrected chi connectivity index (χ4v) is 2.64. The third-order valence-corrected chi connectivity index (χ3v) is 3.81. The molecule has 0 aliphatic rings. The number of carbonyl (C=O) groups excluding carboxylic acids is 1. The summed E-state index contributed by atoms with van der Waals surface area (Å²) in [7, 11) is 0. The molecule has 0 heterocycles. The van der Waals surface area contributed by atoms with Gasteiger partial charge in [0.2, 0.25) is 0 Å². The number of hydrogen-bond acceptors (Lipinski definition) is 3. The molecule has 0 radical (unpaired) electrons. The molecule has 0 aliphatic heterocycles. The summed E-state index contributed by atoms with van der Waals surface area (Å²) in [4.78, 5) is 12.3. The molecular weight excluding hydrogens is 282 g/mol. The normalized spacial score (nSPS) is 11.9. The summed E-state index contributed by atoms with van der Waals surface area (Å²) in [5.74, 6) is 0.712. The van der Waals surface area contributed by atoms with E-state index >= 15 is 0 Å².